The highest BCUT2D eigenvalue weighted by Gasteiger charge is 2.33. The first kappa shape index (κ1) is 17.7. The first-order chi connectivity index (χ1) is 11.2. The maximum absolute atomic E-state index is 12.3. The number of sulfonamides is 1. The summed E-state index contributed by atoms with van der Waals surface area (Å²) in [5, 5.41) is 1.56. The zero-order chi connectivity index (χ0) is 17.5. The van der Waals surface area contributed by atoms with Gasteiger partial charge in [-0.2, -0.15) is 0 Å². The van der Waals surface area contributed by atoms with Crippen LogP contribution in [0.4, 0.5) is 0 Å². The minimum Gasteiger partial charge on any atom is -0.357 e. The summed E-state index contributed by atoms with van der Waals surface area (Å²) in [6.45, 7) is 5.18. The van der Waals surface area contributed by atoms with E-state index in [2.05, 4.69) is 20.8 Å². The monoisotopic (exact) mass is 369 g/mol. The van der Waals surface area contributed by atoms with Gasteiger partial charge in [-0.1, -0.05) is 11.6 Å². The van der Waals surface area contributed by atoms with Crippen LogP contribution in [0, 0.1) is 0 Å². The van der Waals surface area contributed by atoms with E-state index in [1.807, 2.05) is 6.07 Å². The highest BCUT2D eigenvalue weighted by molar-refractivity contribution is 7.90. The van der Waals surface area contributed by atoms with Crippen molar-refractivity contribution in [2.24, 2.45) is 0 Å². The molecule has 1 aliphatic rings. The molecule has 24 heavy (non-hydrogen) atoms. The molecule has 2 aromatic rings. The molecular weight excluding hydrogens is 346 g/mol. The van der Waals surface area contributed by atoms with Crippen molar-refractivity contribution < 1.29 is 8.42 Å². The third-order valence-electron chi connectivity index (χ3n) is 4.79. The van der Waals surface area contributed by atoms with E-state index < -0.39 is 14.8 Å². The number of fused-ring (bicyclic) bond motifs is 1. The summed E-state index contributed by atoms with van der Waals surface area (Å²) in [5.74, 6) is 0.423. The van der Waals surface area contributed by atoms with Gasteiger partial charge in [0.1, 0.15) is 5.15 Å². The summed E-state index contributed by atoms with van der Waals surface area (Å²) in [7, 11) is -3.29. The number of aromatic amines is 1. The van der Waals surface area contributed by atoms with E-state index in [0.29, 0.717) is 11.1 Å². The molecule has 1 saturated carbocycles. The number of hydrogen-bond donors (Lipinski definition) is 2. The number of H-pyrrole nitrogens is 1. The Hall–Kier alpha value is -1.11. The van der Waals surface area contributed by atoms with Crippen LogP contribution in [0.25, 0.3) is 10.9 Å². The second kappa shape index (κ2) is 6.32. The molecule has 2 aromatic heterocycles. The lowest BCUT2D eigenvalue weighted by Gasteiger charge is -2.31. The second-order valence-corrected chi connectivity index (χ2v) is 10.5. The summed E-state index contributed by atoms with van der Waals surface area (Å²) in [5.41, 5.74) is 2.18. The van der Waals surface area contributed by atoms with Gasteiger partial charge >= 0.3 is 0 Å². The SMILES string of the molecule is CC(C)(C)S(=O)(=O)NC1CCC(c2cc3cc(Cl)ncc3[nH]2)CC1. The van der Waals surface area contributed by atoms with Crippen LogP contribution in [-0.2, 0) is 10.0 Å². The van der Waals surface area contributed by atoms with E-state index in [1.54, 1.807) is 27.0 Å². The quantitative estimate of drug-likeness (QED) is 0.804. The minimum absolute atomic E-state index is 0.0333. The molecule has 2 heterocycles. The van der Waals surface area contributed by atoms with Crippen LogP contribution in [0.3, 0.4) is 0 Å². The highest BCUT2D eigenvalue weighted by Crippen LogP contribution is 2.34. The number of rotatable bonds is 3. The Labute approximate surface area is 148 Å². The maximum Gasteiger partial charge on any atom is 0.216 e. The maximum atomic E-state index is 12.3. The van der Waals surface area contributed by atoms with Gasteiger partial charge in [-0.15, -0.1) is 0 Å². The Morgan fingerprint density at radius 3 is 2.50 bits per heavy atom. The fourth-order valence-corrected chi connectivity index (χ4v) is 4.36. The van der Waals surface area contributed by atoms with E-state index in [0.717, 1.165) is 36.6 Å². The molecular formula is C17H24ClN3O2S. The first-order valence-electron chi connectivity index (χ1n) is 8.32. The molecule has 1 fully saturated rings. The van der Waals surface area contributed by atoms with E-state index in [-0.39, 0.29) is 6.04 Å². The fraction of sp³-hybridized carbons (Fsp3) is 0.588. The zero-order valence-electron chi connectivity index (χ0n) is 14.3. The Morgan fingerprint density at radius 1 is 1.21 bits per heavy atom. The summed E-state index contributed by atoms with van der Waals surface area (Å²) in [4.78, 5) is 7.52. The number of pyridine rings is 1. The van der Waals surface area contributed by atoms with Gasteiger partial charge in [-0.25, -0.2) is 18.1 Å². The molecule has 3 rings (SSSR count). The van der Waals surface area contributed by atoms with Crippen molar-refractivity contribution >= 4 is 32.5 Å². The van der Waals surface area contributed by atoms with Crippen LogP contribution < -0.4 is 4.72 Å². The lowest BCUT2D eigenvalue weighted by Crippen LogP contribution is -2.45. The van der Waals surface area contributed by atoms with Crippen LogP contribution in [0.2, 0.25) is 5.15 Å². The number of nitrogens with one attached hydrogen (secondary N) is 2. The van der Waals surface area contributed by atoms with Gasteiger partial charge in [0.15, 0.2) is 0 Å². The largest absolute Gasteiger partial charge is 0.357 e. The van der Waals surface area contributed by atoms with E-state index >= 15 is 0 Å². The predicted octanol–water partition coefficient (Wildman–Crippen LogP) is 3.96. The third-order valence-corrected chi connectivity index (χ3v) is 7.25. The predicted molar refractivity (Wildman–Crippen MR) is 97.9 cm³/mol. The van der Waals surface area contributed by atoms with E-state index in [4.69, 9.17) is 11.6 Å². The Kier molecular flexibility index (Phi) is 4.66. The lowest BCUT2D eigenvalue weighted by molar-refractivity contribution is 0.368. The highest BCUT2D eigenvalue weighted by atomic mass is 35.5. The molecule has 1 aliphatic carbocycles. The first-order valence-corrected chi connectivity index (χ1v) is 10.2. The molecule has 2 N–H and O–H groups in total. The molecule has 0 amide bonds. The van der Waals surface area contributed by atoms with Gasteiger partial charge in [0, 0.05) is 17.1 Å². The number of aromatic nitrogens is 2. The Morgan fingerprint density at radius 2 is 1.88 bits per heavy atom. The normalized spacial score (nSPS) is 22.8. The van der Waals surface area contributed by atoms with Crippen molar-refractivity contribution in [2.45, 2.75) is 63.2 Å². The Balaban J connectivity index is 1.66. The number of hydrogen-bond acceptors (Lipinski definition) is 3. The second-order valence-electron chi connectivity index (χ2n) is 7.60. The van der Waals surface area contributed by atoms with Gasteiger partial charge in [-0.05, 0) is 64.5 Å². The molecule has 132 valence electrons. The van der Waals surface area contributed by atoms with Gasteiger partial charge in [0.05, 0.1) is 16.5 Å². The summed E-state index contributed by atoms with van der Waals surface area (Å²) < 4.78 is 26.7. The molecule has 0 aromatic carbocycles. The molecule has 5 nitrogen and oxygen atoms in total. The van der Waals surface area contributed by atoms with E-state index in [1.165, 1.54) is 5.69 Å². The van der Waals surface area contributed by atoms with Crippen molar-refractivity contribution in [1.82, 2.24) is 14.7 Å². The average Bonchev–Trinajstić information content (AvgIpc) is 2.89. The van der Waals surface area contributed by atoms with Crippen LogP contribution in [0.1, 0.15) is 58.1 Å². The van der Waals surface area contributed by atoms with Crippen LogP contribution in [0.5, 0.6) is 0 Å². The topological polar surface area (TPSA) is 74.8 Å². The summed E-state index contributed by atoms with van der Waals surface area (Å²) in [6, 6.07) is 4.03. The van der Waals surface area contributed by atoms with Gasteiger partial charge in [0.2, 0.25) is 10.0 Å². The molecule has 0 spiro atoms. The standard InChI is InChI=1S/C17H24ClN3O2S/c1-17(2,3)24(22,23)21-13-6-4-11(5-7-13)14-8-12-9-16(18)19-10-15(12)20-14/h8-11,13,20-21H,4-7H2,1-3H3. The smallest absolute Gasteiger partial charge is 0.216 e. The summed E-state index contributed by atoms with van der Waals surface area (Å²) in [6.07, 6.45) is 5.39. The number of halogens is 1. The van der Waals surface area contributed by atoms with Gasteiger partial charge < -0.3 is 4.98 Å². The molecule has 7 heteroatoms. The molecule has 0 atom stereocenters. The van der Waals surface area contributed by atoms with Crippen molar-refractivity contribution in [1.29, 1.82) is 0 Å². The van der Waals surface area contributed by atoms with Gasteiger partial charge in [-0.3, -0.25) is 0 Å². The molecule has 0 bridgehead atoms. The third kappa shape index (κ3) is 3.60. The lowest BCUT2D eigenvalue weighted by atomic mass is 9.84. The molecule has 0 saturated heterocycles. The molecule has 0 aliphatic heterocycles. The molecule has 0 unspecified atom stereocenters. The van der Waals surface area contributed by atoms with Crippen LogP contribution >= 0.6 is 11.6 Å². The fourth-order valence-electron chi connectivity index (χ4n) is 3.17. The van der Waals surface area contributed by atoms with E-state index in [9.17, 15) is 8.42 Å². The summed E-state index contributed by atoms with van der Waals surface area (Å²) >= 11 is 5.94. The van der Waals surface area contributed by atoms with Crippen molar-refractivity contribution in [3.05, 3.63) is 29.2 Å². The zero-order valence-corrected chi connectivity index (χ0v) is 15.8. The van der Waals surface area contributed by atoms with Crippen LogP contribution in [-0.4, -0.2) is 29.2 Å². The molecule has 0 radical (unpaired) electrons. The number of nitrogens with zero attached hydrogens (tertiary/aromatic N) is 1. The van der Waals surface area contributed by atoms with Crippen molar-refractivity contribution in [3.63, 3.8) is 0 Å². The Bertz CT molecular complexity index is 831. The van der Waals surface area contributed by atoms with Crippen molar-refractivity contribution in [2.75, 3.05) is 0 Å². The van der Waals surface area contributed by atoms with Gasteiger partial charge in [0.25, 0.3) is 0 Å². The minimum atomic E-state index is -3.29. The average molecular weight is 370 g/mol. The van der Waals surface area contributed by atoms with Crippen LogP contribution in [0.15, 0.2) is 18.3 Å². The van der Waals surface area contributed by atoms with Crippen molar-refractivity contribution in [3.8, 4) is 0 Å².